The van der Waals surface area contributed by atoms with Gasteiger partial charge in [0.05, 0.1) is 6.61 Å². The van der Waals surface area contributed by atoms with Gasteiger partial charge >= 0.3 is 0 Å². The Balaban J connectivity index is 2.22. The van der Waals surface area contributed by atoms with Crippen LogP contribution < -0.4 is 10.1 Å². The van der Waals surface area contributed by atoms with Crippen molar-refractivity contribution >= 4 is 0 Å². The highest BCUT2D eigenvalue weighted by atomic mass is 16.5. The summed E-state index contributed by atoms with van der Waals surface area (Å²) in [7, 11) is 0. The van der Waals surface area contributed by atoms with Crippen LogP contribution in [0.5, 0.6) is 5.75 Å². The molecule has 0 spiro atoms. The Hall–Kier alpha value is -1.80. The first kappa shape index (κ1) is 14.6. The van der Waals surface area contributed by atoms with Gasteiger partial charge in [-0.25, -0.2) is 0 Å². The molecule has 0 aromatic heterocycles. The van der Waals surface area contributed by atoms with Crippen molar-refractivity contribution in [3.63, 3.8) is 0 Å². The van der Waals surface area contributed by atoms with Gasteiger partial charge in [-0.3, -0.25) is 0 Å². The van der Waals surface area contributed by atoms with Crippen LogP contribution in [-0.4, -0.2) is 12.6 Å². The van der Waals surface area contributed by atoms with E-state index in [2.05, 4.69) is 55.6 Å². The Kier molecular flexibility index (Phi) is 5.19. The molecule has 20 heavy (non-hydrogen) atoms. The zero-order valence-electron chi connectivity index (χ0n) is 12.5. The average molecular weight is 269 g/mol. The van der Waals surface area contributed by atoms with Crippen LogP contribution in [0.2, 0.25) is 0 Å². The molecule has 0 amide bonds. The molecule has 1 N–H and O–H groups in total. The van der Waals surface area contributed by atoms with Crippen LogP contribution in [0.15, 0.2) is 48.5 Å². The Morgan fingerprint density at radius 1 is 1.00 bits per heavy atom. The SMILES string of the molecule is CCOc1ccc(-c2ccccc2CNC(C)C)cc1. The van der Waals surface area contributed by atoms with E-state index in [4.69, 9.17) is 4.74 Å². The number of ether oxygens (including phenoxy) is 1. The van der Waals surface area contributed by atoms with Crippen LogP contribution in [0.3, 0.4) is 0 Å². The van der Waals surface area contributed by atoms with Crippen molar-refractivity contribution in [3.05, 3.63) is 54.1 Å². The van der Waals surface area contributed by atoms with Crippen LogP contribution in [-0.2, 0) is 6.54 Å². The molecular weight excluding hydrogens is 246 g/mol. The van der Waals surface area contributed by atoms with E-state index in [0.717, 1.165) is 12.3 Å². The molecule has 2 aromatic rings. The van der Waals surface area contributed by atoms with Crippen LogP contribution in [0.4, 0.5) is 0 Å². The summed E-state index contributed by atoms with van der Waals surface area (Å²) < 4.78 is 5.49. The second-order valence-electron chi connectivity index (χ2n) is 5.15. The average Bonchev–Trinajstić information content (AvgIpc) is 2.47. The monoisotopic (exact) mass is 269 g/mol. The molecule has 0 aliphatic carbocycles. The second-order valence-corrected chi connectivity index (χ2v) is 5.15. The lowest BCUT2D eigenvalue weighted by Crippen LogP contribution is -2.22. The Labute approximate surface area is 121 Å². The van der Waals surface area contributed by atoms with Crippen LogP contribution in [0, 0.1) is 0 Å². The van der Waals surface area contributed by atoms with Gasteiger partial charge in [-0.1, -0.05) is 50.2 Å². The molecule has 2 aromatic carbocycles. The molecule has 0 bridgehead atoms. The predicted molar refractivity (Wildman–Crippen MR) is 85.0 cm³/mol. The molecule has 0 aliphatic rings. The van der Waals surface area contributed by atoms with E-state index >= 15 is 0 Å². The number of hydrogen-bond acceptors (Lipinski definition) is 2. The quantitative estimate of drug-likeness (QED) is 0.846. The third-order valence-electron chi connectivity index (χ3n) is 3.19. The third-order valence-corrected chi connectivity index (χ3v) is 3.19. The fourth-order valence-corrected chi connectivity index (χ4v) is 2.17. The number of hydrogen-bond donors (Lipinski definition) is 1. The minimum atomic E-state index is 0.489. The van der Waals surface area contributed by atoms with Crippen molar-refractivity contribution in [2.75, 3.05) is 6.61 Å². The van der Waals surface area contributed by atoms with E-state index in [1.807, 2.05) is 19.1 Å². The van der Waals surface area contributed by atoms with E-state index in [-0.39, 0.29) is 0 Å². The largest absolute Gasteiger partial charge is 0.494 e. The van der Waals surface area contributed by atoms with Gasteiger partial charge in [0.25, 0.3) is 0 Å². The van der Waals surface area contributed by atoms with E-state index in [1.165, 1.54) is 16.7 Å². The van der Waals surface area contributed by atoms with Crippen molar-refractivity contribution in [3.8, 4) is 16.9 Å². The van der Waals surface area contributed by atoms with E-state index < -0.39 is 0 Å². The minimum Gasteiger partial charge on any atom is -0.494 e. The zero-order chi connectivity index (χ0) is 14.4. The van der Waals surface area contributed by atoms with E-state index in [9.17, 15) is 0 Å². The molecule has 0 radical (unpaired) electrons. The molecule has 0 atom stereocenters. The highest BCUT2D eigenvalue weighted by Crippen LogP contribution is 2.25. The van der Waals surface area contributed by atoms with Crippen molar-refractivity contribution < 1.29 is 4.74 Å². The first-order valence-corrected chi connectivity index (χ1v) is 7.25. The van der Waals surface area contributed by atoms with Crippen LogP contribution in [0.1, 0.15) is 26.3 Å². The van der Waals surface area contributed by atoms with Gasteiger partial charge in [0.1, 0.15) is 5.75 Å². The first-order chi connectivity index (χ1) is 9.70. The van der Waals surface area contributed by atoms with Gasteiger partial charge in [0.15, 0.2) is 0 Å². The maximum atomic E-state index is 5.49. The second kappa shape index (κ2) is 7.11. The lowest BCUT2D eigenvalue weighted by molar-refractivity contribution is 0.340. The number of rotatable bonds is 6. The van der Waals surface area contributed by atoms with Crippen LogP contribution in [0.25, 0.3) is 11.1 Å². The fraction of sp³-hybridized carbons (Fsp3) is 0.333. The molecule has 2 heteroatoms. The minimum absolute atomic E-state index is 0.489. The smallest absolute Gasteiger partial charge is 0.119 e. The van der Waals surface area contributed by atoms with Gasteiger partial charge in [0.2, 0.25) is 0 Å². The topological polar surface area (TPSA) is 21.3 Å². The Morgan fingerprint density at radius 3 is 2.35 bits per heavy atom. The normalized spacial score (nSPS) is 10.8. The maximum absolute atomic E-state index is 5.49. The van der Waals surface area contributed by atoms with Gasteiger partial charge in [-0.2, -0.15) is 0 Å². The molecule has 0 saturated heterocycles. The van der Waals surface area contributed by atoms with E-state index in [0.29, 0.717) is 12.6 Å². The summed E-state index contributed by atoms with van der Waals surface area (Å²) in [5.74, 6) is 0.925. The highest BCUT2D eigenvalue weighted by molar-refractivity contribution is 5.67. The molecule has 106 valence electrons. The summed E-state index contributed by atoms with van der Waals surface area (Å²) in [6.07, 6.45) is 0. The molecule has 0 unspecified atom stereocenters. The Bertz CT molecular complexity index is 531. The summed E-state index contributed by atoms with van der Waals surface area (Å²) in [6, 6.07) is 17.3. The van der Waals surface area contributed by atoms with Crippen molar-refractivity contribution in [1.29, 1.82) is 0 Å². The summed E-state index contributed by atoms with van der Waals surface area (Å²) in [5.41, 5.74) is 3.84. The summed E-state index contributed by atoms with van der Waals surface area (Å²) in [6.45, 7) is 7.93. The lowest BCUT2D eigenvalue weighted by Gasteiger charge is -2.13. The van der Waals surface area contributed by atoms with Crippen molar-refractivity contribution in [2.45, 2.75) is 33.4 Å². The summed E-state index contributed by atoms with van der Waals surface area (Å²) in [4.78, 5) is 0. The first-order valence-electron chi connectivity index (χ1n) is 7.25. The molecule has 0 heterocycles. The summed E-state index contributed by atoms with van der Waals surface area (Å²) >= 11 is 0. The highest BCUT2D eigenvalue weighted by Gasteiger charge is 2.05. The third kappa shape index (κ3) is 3.84. The molecular formula is C18H23NO. The van der Waals surface area contributed by atoms with E-state index in [1.54, 1.807) is 0 Å². The van der Waals surface area contributed by atoms with Crippen LogP contribution >= 0.6 is 0 Å². The molecule has 0 fully saturated rings. The van der Waals surface area contributed by atoms with Gasteiger partial charge < -0.3 is 10.1 Å². The molecule has 2 rings (SSSR count). The Morgan fingerprint density at radius 2 is 1.70 bits per heavy atom. The molecule has 0 aliphatic heterocycles. The summed E-state index contributed by atoms with van der Waals surface area (Å²) in [5, 5.41) is 3.48. The lowest BCUT2D eigenvalue weighted by atomic mass is 9.99. The van der Waals surface area contributed by atoms with Crippen molar-refractivity contribution in [1.82, 2.24) is 5.32 Å². The maximum Gasteiger partial charge on any atom is 0.119 e. The number of benzene rings is 2. The predicted octanol–water partition coefficient (Wildman–Crippen LogP) is 4.25. The number of nitrogens with one attached hydrogen (secondary N) is 1. The fourth-order valence-electron chi connectivity index (χ4n) is 2.17. The van der Waals surface area contributed by atoms with Crippen molar-refractivity contribution in [2.24, 2.45) is 0 Å². The molecule has 2 nitrogen and oxygen atoms in total. The van der Waals surface area contributed by atoms with Gasteiger partial charge in [-0.05, 0) is 35.7 Å². The van der Waals surface area contributed by atoms with Gasteiger partial charge in [-0.15, -0.1) is 0 Å². The standard InChI is InChI=1S/C18H23NO/c1-4-20-17-11-9-15(10-12-17)18-8-6-5-7-16(18)13-19-14(2)3/h5-12,14,19H,4,13H2,1-3H3. The van der Waals surface area contributed by atoms with Gasteiger partial charge in [0, 0.05) is 12.6 Å². The molecule has 0 saturated carbocycles. The zero-order valence-corrected chi connectivity index (χ0v) is 12.5.